The van der Waals surface area contributed by atoms with Gasteiger partial charge in [0.1, 0.15) is 18.1 Å². The van der Waals surface area contributed by atoms with Crippen LogP contribution in [0, 0.1) is 0 Å². The number of methoxy groups -OCH3 is 1. The smallest absolute Gasteiger partial charge is 0.373 e. The van der Waals surface area contributed by atoms with E-state index < -0.39 is 17.1 Å². The van der Waals surface area contributed by atoms with Gasteiger partial charge in [0, 0.05) is 0 Å². The van der Waals surface area contributed by atoms with Crippen LogP contribution in [0.5, 0.6) is 5.75 Å². The maximum absolute atomic E-state index is 13.0. The molecule has 1 saturated heterocycles. The Morgan fingerprint density at radius 1 is 1.03 bits per heavy atom. The van der Waals surface area contributed by atoms with Crippen molar-refractivity contribution >= 4 is 77.6 Å². The first-order valence-corrected chi connectivity index (χ1v) is 13.7. The van der Waals surface area contributed by atoms with Gasteiger partial charge < -0.3 is 13.9 Å². The highest BCUT2D eigenvalue weighted by Crippen LogP contribution is 2.38. The Kier molecular flexibility index (Phi) is 7.73. The van der Waals surface area contributed by atoms with Crippen molar-refractivity contribution in [3.8, 4) is 5.75 Å². The summed E-state index contributed by atoms with van der Waals surface area (Å²) in [5, 5.41) is 1.85. The third kappa shape index (κ3) is 5.43. The lowest BCUT2D eigenvalue weighted by molar-refractivity contribution is -0.123. The number of carbonyl (C=O) groups excluding carboxylic acids is 3. The van der Waals surface area contributed by atoms with E-state index in [1.165, 1.54) is 19.2 Å². The lowest BCUT2D eigenvalue weighted by Gasteiger charge is -2.13. The molecule has 0 spiro atoms. The Bertz CT molecular complexity index is 1580. The number of amides is 2. The molecule has 7 nitrogen and oxygen atoms in total. The first-order chi connectivity index (χ1) is 18.3. The van der Waals surface area contributed by atoms with Gasteiger partial charge in [-0.25, -0.2) is 4.79 Å². The van der Waals surface area contributed by atoms with Gasteiger partial charge in [0.15, 0.2) is 0 Å². The molecule has 10 heteroatoms. The van der Waals surface area contributed by atoms with Gasteiger partial charge >= 0.3 is 5.97 Å². The van der Waals surface area contributed by atoms with Crippen molar-refractivity contribution in [1.29, 1.82) is 0 Å². The summed E-state index contributed by atoms with van der Waals surface area (Å²) in [7, 11) is 1.24. The summed E-state index contributed by atoms with van der Waals surface area (Å²) in [5.74, 6) is -0.150. The summed E-state index contributed by atoms with van der Waals surface area (Å²) in [6.45, 7) is 0.286. The lowest BCUT2D eigenvalue weighted by atomic mass is 10.1. The van der Waals surface area contributed by atoms with E-state index in [9.17, 15) is 14.4 Å². The van der Waals surface area contributed by atoms with E-state index in [0.29, 0.717) is 32.6 Å². The predicted octanol–water partition coefficient (Wildman–Crippen LogP) is 7.56. The molecular formula is C28H19Br2NO6S. The molecule has 1 aliphatic rings. The van der Waals surface area contributed by atoms with E-state index in [2.05, 4.69) is 54.8 Å². The number of ether oxygens (including phenoxy) is 2. The molecule has 0 N–H and O–H groups in total. The third-order valence-electron chi connectivity index (χ3n) is 5.81. The molecule has 0 bridgehead atoms. The normalized spacial score (nSPS) is 14.5. The number of hydrogen-bond acceptors (Lipinski definition) is 7. The topological polar surface area (TPSA) is 86.0 Å². The summed E-state index contributed by atoms with van der Waals surface area (Å²) >= 11 is 7.98. The minimum Gasteiger partial charge on any atom is -0.487 e. The fourth-order valence-electron chi connectivity index (χ4n) is 3.99. The molecule has 4 aromatic rings. The van der Waals surface area contributed by atoms with Crippen molar-refractivity contribution in [1.82, 2.24) is 4.90 Å². The summed E-state index contributed by atoms with van der Waals surface area (Å²) in [6, 6.07) is 20.9. The monoisotopic (exact) mass is 655 g/mol. The van der Waals surface area contributed by atoms with Gasteiger partial charge in [-0.3, -0.25) is 14.5 Å². The van der Waals surface area contributed by atoms with E-state index in [4.69, 9.17) is 9.15 Å². The molecule has 0 atom stereocenters. The van der Waals surface area contributed by atoms with Crippen LogP contribution in [0.2, 0.25) is 0 Å². The Morgan fingerprint density at radius 3 is 2.53 bits per heavy atom. The molecule has 0 unspecified atom stereocenters. The van der Waals surface area contributed by atoms with Crippen molar-refractivity contribution < 1.29 is 28.3 Å². The Hall–Kier alpha value is -3.34. The van der Waals surface area contributed by atoms with E-state index in [1.807, 2.05) is 36.4 Å². The SMILES string of the molecule is COC(=O)c1ccc(CN2C(=O)S/C(=C/c3cc(Br)c(OCc4cccc5ccccc45)c(Br)c3)C2=O)o1. The number of halogens is 2. The zero-order chi connectivity index (χ0) is 26.8. The van der Waals surface area contributed by atoms with Crippen LogP contribution in [-0.2, 0) is 22.7 Å². The number of imide groups is 1. The maximum Gasteiger partial charge on any atom is 0.373 e. The average Bonchev–Trinajstić information content (AvgIpc) is 3.48. The Balaban J connectivity index is 1.31. The van der Waals surface area contributed by atoms with Gasteiger partial charge in [0.2, 0.25) is 5.76 Å². The van der Waals surface area contributed by atoms with Crippen molar-refractivity contribution in [3.05, 3.63) is 103 Å². The molecule has 0 radical (unpaired) electrons. The third-order valence-corrected chi connectivity index (χ3v) is 7.89. The molecule has 0 saturated carbocycles. The average molecular weight is 657 g/mol. The summed E-state index contributed by atoms with van der Waals surface area (Å²) in [6.07, 6.45) is 1.65. The Morgan fingerprint density at radius 2 is 1.76 bits per heavy atom. The van der Waals surface area contributed by atoms with Crippen LogP contribution in [0.1, 0.15) is 27.4 Å². The van der Waals surface area contributed by atoms with Crippen molar-refractivity contribution in [2.75, 3.05) is 7.11 Å². The number of thioether (sulfide) groups is 1. The quantitative estimate of drug-likeness (QED) is 0.150. The van der Waals surface area contributed by atoms with Gasteiger partial charge in [-0.05, 0) is 95.9 Å². The van der Waals surface area contributed by atoms with Gasteiger partial charge in [-0.1, -0.05) is 42.5 Å². The zero-order valence-electron chi connectivity index (χ0n) is 19.9. The van der Waals surface area contributed by atoms with Crippen LogP contribution < -0.4 is 4.74 Å². The fourth-order valence-corrected chi connectivity index (χ4v) is 6.27. The molecule has 192 valence electrons. The molecule has 2 amide bonds. The van der Waals surface area contributed by atoms with E-state index in [0.717, 1.165) is 33.0 Å². The highest BCUT2D eigenvalue weighted by molar-refractivity contribution is 9.11. The van der Waals surface area contributed by atoms with Crippen molar-refractivity contribution in [2.24, 2.45) is 0 Å². The van der Waals surface area contributed by atoms with E-state index in [-0.39, 0.29) is 17.2 Å². The maximum atomic E-state index is 13.0. The molecule has 5 rings (SSSR count). The number of furan rings is 1. The standard InChI is InChI=1S/C28H19Br2NO6S/c1-35-27(33)23-10-9-19(37-23)14-31-26(32)24(38-28(31)34)13-16-11-21(29)25(22(30)12-16)36-15-18-7-4-6-17-5-2-3-8-20(17)18/h2-13H,14-15H2,1H3/b24-13+. The number of nitrogens with zero attached hydrogens (tertiary/aromatic N) is 1. The number of rotatable bonds is 7. The second-order valence-corrected chi connectivity index (χ2v) is 11.0. The Labute approximate surface area is 239 Å². The molecule has 1 aliphatic heterocycles. The minimum atomic E-state index is -0.633. The molecule has 3 aromatic carbocycles. The summed E-state index contributed by atoms with van der Waals surface area (Å²) in [5.41, 5.74) is 1.77. The van der Waals surface area contributed by atoms with Gasteiger partial charge in [-0.15, -0.1) is 0 Å². The predicted molar refractivity (Wildman–Crippen MR) is 152 cm³/mol. The number of benzene rings is 3. The van der Waals surface area contributed by atoms with Crippen LogP contribution in [-0.4, -0.2) is 29.1 Å². The molecule has 0 aliphatic carbocycles. The molecule has 2 heterocycles. The molecule has 1 fully saturated rings. The first kappa shape index (κ1) is 26.3. The molecule has 38 heavy (non-hydrogen) atoms. The van der Waals surface area contributed by atoms with Crippen LogP contribution in [0.4, 0.5) is 4.79 Å². The summed E-state index contributed by atoms with van der Waals surface area (Å²) in [4.78, 5) is 38.4. The minimum absolute atomic E-state index is 0.00229. The number of hydrogen-bond donors (Lipinski definition) is 0. The van der Waals surface area contributed by atoms with E-state index >= 15 is 0 Å². The number of esters is 1. The second kappa shape index (κ2) is 11.2. The fraction of sp³-hybridized carbons (Fsp3) is 0.107. The van der Waals surface area contributed by atoms with Crippen LogP contribution in [0.15, 0.2) is 85.0 Å². The highest BCUT2D eigenvalue weighted by Gasteiger charge is 2.36. The van der Waals surface area contributed by atoms with Crippen molar-refractivity contribution in [3.63, 3.8) is 0 Å². The molecule has 1 aromatic heterocycles. The number of fused-ring (bicyclic) bond motifs is 1. The van der Waals surface area contributed by atoms with Crippen LogP contribution in [0.3, 0.4) is 0 Å². The first-order valence-electron chi connectivity index (χ1n) is 11.3. The van der Waals surface area contributed by atoms with E-state index in [1.54, 1.807) is 6.08 Å². The van der Waals surface area contributed by atoms with Gasteiger partial charge in [0.05, 0.1) is 27.5 Å². The lowest BCUT2D eigenvalue weighted by Crippen LogP contribution is -2.27. The zero-order valence-corrected chi connectivity index (χ0v) is 23.9. The van der Waals surface area contributed by atoms with Crippen LogP contribution >= 0.6 is 43.6 Å². The second-order valence-electron chi connectivity index (χ2n) is 8.27. The van der Waals surface area contributed by atoms with Gasteiger partial charge in [-0.2, -0.15) is 0 Å². The molecular weight excluding hydrogens is 638 g/mol. The number of carbonyl (C=O) groups is 3. The van der Waals surface area contributed by atoms with Crippen LogP contribution in [0.25, 0.3) is 16.8 Å². The largest absolute Gasteiger partial charge is 0.487 e. The highest BCUT2D eigenvalue weighted by atomic mass is 79.9. The van der Waals surface area contributed by atoms with Crippen molar-refractivity contribution in [2.45, 2.75) is 13.2 Å². The summed E-state index contributed by atoms with van der Waals surface area (Å²) < 4.78 is 17.6. The van der Waals surface area contributed by atoms with Gasteiger partial charge in [0.25, 0.3) is 11.1 Å².